The molecule has 1 aliphatic heterocycles. The molecule has 2 aliphatic rings. The first-order chi connectivity index (χ1) is 19.4. The van der Waals surface area contributed by atoms with E-state index in [2.05, 4.69) is 10.4 Å². The molecule has 1 fully saturated rings. The summed E-state index contributed by atoms with van der Waals surface area (Å²) in [4.78, 5) is 13.5. The van der Waals surface area contributed by atoms with Crippen LogP contribution in [-0.2, 0) is 24.6 Å². The second-order valence-corrected chi connectivity index (χ2v) is 14.6. The standard InChI is InChI=1S/C28H28ClFN4O5S2/c29-21-8-14-24(15-9-21)40(36,37)28(20-4-2-1-3-5-20)18-34(33-26(28)19-6-10-22(30)11-7-19)27(35)32-23-12-16-25(17-13-23)41(31,38)39/h1-11,14-15,23,25H,12-13,16-18H2,(H,32,35)(H2,31,38,39). The van der Waals surface area contributed by atoms with Gasteiger partial charge in [-0.2, -0.15) is 5.10 Å². The first-order valence-corrected chi connectivity index (χ1v) is 16.4. The van der Waals surface area contributed by atoms with E-state index in [1.807, 2.05) is 0 Å². The number of hydrazone groups is 1. The van der Waals surface area contributed by atoms with Crippen molar-refractivity contribution in [2.45, 2.75) is 46.6 Å². The molecule has 41 heavy (non-hydrogen) atoms. The van der Waals surface area contributed by atoms with Crippen molar-refractivity contribution in [2.24, 2.45) is 10.2 Å². The number of nitrogens with one attached hydrogen (secondary N) is 1. The van der Waals surface area contributed by atoms with Gasteiger partial charge in [-0.1, -0.05) is 54.1 Å². The van der Waals surface area contributed by atoms with Crippen LogP contribution in [0.5, 0.6) is 0 Å². The zero-order valence-electron chi connectivity index (χ0n) is 21.8. The Labute approximate surface area is 243 Å². The third-order valence-corrected chi connectivity index (χ3v) is 11.6. The summed E-state index contributed by atoms with van der Waals surface area (Å²) in [5.74, 6) is -0.511. The Morgan fingerprint density at radius 3 is 2.12 bits per heavy atom. The number of halogens is 2. The first kappa shape index (κ1) is 29.2. The van der Waals surface area contributed by atoms with E-state index < -0.39 is 41.7 Å². The second-order valence-electron chi connectivity index (χ2n) is 10.2. The van der Waals surface area contributed by atoms with E-state index in [1.165, 1.54) is 48.5 Å². The molecule has 3 aromatic rings. The number of carbonyl (C=O) groups is 1. The third kappa shape index (κ3) is 5.61. The molecular formula is C28H28ClFN4O5S2. The van der Waals surface area contributed by atoms with Crippen LogP contribution in [0.25, 0.3) is 0 Å². The molecule has 1 heterocycles. The largest absolute Gasteiger partial charge is 0.338 e. The number of sulfonamides is 1. The number of hydrogen-bond donors (Lipinski definition) is 2. The molecule has 0 aromatic heterocycles. The molecule has 13 heteroatoms. The number of benzene rings is 3. The Balaban J connectivity index is 1.57. The van der Waals surface area contributed by atoms with Crippen molar-refractivity contribution in [1.29, 1.82) is 0 Å². The maximum absolute atomic E-state index is 14.6. The highest BCUT2D eigenvalue weighted by molar-refractivity contribution is 7.93. The molecular weight excluding hydrogens is 591 g/mol. The molecule has 3 N–H and O–H groups in total. The number of hydrogen-bond acceptors (Lipinski definition) is 6. The van der Waals surface area contributed by atoms with Crippen molar-refractivity contribution in [1.82, 2.24) is 10.3 Å². The van der Waals surface area contributed by atoms with E-state index in [4.69, 9.17) is 16.7 Å². The third-order valence-electron chi connectivity index (χ3n) is 7.62. The van der Waals surface area contributed by atoms with E-state index in [-0.39, 0.29) is 23.2 Å². The summed E-state index contributed by atoms with van der Waals surface area (Å²) in [7, 11) is -7.96. The van der Waals surface area contributed by atoms with Gasteiger partial charge >= 0.3 is 6.03 Å². The summed E-state index contributed by atoms with van der Waals surface area (Å²) in [5, 5.41) is 13.5. The van der Waals surface area contributed by atoms with E-state index >= 15 is 0 Å². The zero-order valence-corrected chi connectivity index (χ0v) is 24.2. The average Bonchev–Trinajstić information content (AvgIpc) is 3.37. The molecule has 5 rings (SSSR count). The minimum Gasteiger partial charge on any atom is -0.334 e. The number of amides is 2. The van der Waals surface area contributed by atoms with Crippen LogP contribution >= 0.6 is 11.6 Å². The molecule has 1 unspecified atom stereocenters. The molecule has 1 aliphatic carbocycles. The normalized spacial score (nSPS) is 23.2. The lowest BCUT2D eigenvalue weighted by atomic mass is 9.89. The van der Waals surface area contributed by atoms with Crippen LogP contribution in [0.15, 0.2) is 88.9 Å². The van der Waals surface area contributed by atoms with E-state index in [0.29, 0.717) is 41.8 Å². The van der Waals surface area contributed by atoms with Crippen LogP contribution in [0.1, 0.15) is 36.8 Å². The Kier molecular flexibility index (Phi) is 7.94. The van der Waals surface area contributed by atoms with Gasteiger partial charge in [0.2, 0.25) is 10.0 Å². The predicted molar refractivity (Wildman–Crippen MR) is 154 cm³/mol. The Morgan fingerprint density at radius 1 is 0.927 bits per heavy atom. The Morgan fingerprint density at radius 2 is 1.54 bits per heavy atom. The van der Waals surface area contributed by atoms with Gasteiger partial charge in [-0.05, 0) is 67.6 Å². The highest BCUT2D eigenvalue weighted by atomic mass is 35.5. The van der Waals surface area contributed by atoms with Crippen molar-refractivity contribution >= 4 is 43.2 Å². The summed E-state index contributed by atoms with van der Waals surface area (Å²) in [6, 6.07) is 18.5. The fourth-order valence-corrected chi connectivity index (χ4v) is 8.54. The Bertz CT molecular complexity index is 1680. The number of primary sulfonamides is 1. The summed E-state index contributed by atoms with van der Waals surface area (Å²) in [5.41, 5.74) is 0.769. The molecule has 1 saturated carbocycles. The summed E-state index contributed by atoms with van der Waals surface area (Å²) < 4.78 is 64.7. The molecule has 216 valence electrons. The maximum Gasteiger partial charge on any atom is 0.338 e. The van der Waals surface area contributed by atoms with Gasteiger partial charge in [-0.25, -0.2) is 36.2 Å². The van der Waals surface area contributed by atoms with Gasteiger partial charge in [0.05, 0.1) is 22.4 Å². The van der Waals surface area contributed by atoms with Crippen LogP contribution in [0.4, 0.5) is 9.18 Å². The monoisotopic (exact) mass is 618 g/mol. The van der Waals surface area contributed by atoms with Gasteiger partial charge in [0, 0.05) is 16.6 Å². The number of urea groups is 1. The first-order valence-electron chi connectivity index (χ1n) is 12.9. The van der Waals surface area contributed by atoms with Gasteiger partial charge in [0.15, 0.2) is 14.6 Å². The molecule has 2 amide bonds. The molecule has 3 aromatic carbocycles. The van der Waals surface area contributed by atoms with E-state index in [1.54, 1.807) is 30.3 Å². The molecule has 0 radical (unpaired) electrons. The van der Waals surface area contributed by atoms with Crippen molar-refractivity contribution in [2.75, 3.05) is 6.54 Å². The van der Waals surface area contributed by atoms with E-state index in [9.17, 15) is 26.0 Å². The number of nitrogens with zero attached hydrogens (tertiary/aromatic N) is 2. The predicted octanol–water partition coefficient (Wildman–Crippen LogP) is 4.18. The number of rotatable bonds is 6. The lowest BCUT2D eigenvalue weighted by Gasteiger charge is -2.32. The SMILES string of the molecule is NS(=O)(=O)C1CCC(NC(=O)N2CC(c3ccccc3)(S(=O)(=O)c3ccc(Cl)cc3)C(c3ccc(F)cc3)=N2)CC1. The number of sulfone groups is 1. The summed E-state index contributed by atoms with van der Waals surface area (Å²) >= 11 is 6.05. The van der Waals surface area contributed by atoms with Crippen molar-refractivity contribution in [3.8, 4) is 0 Å². The van der Waals surface area contributed by atoms with Gasteiger partial charge in [0.25, 0.3) is 0 Å². The lowest BCUT2D eigenvalue weighted by molar-refractivity contribution is 0.195. The lowest BCUT2D eigenvalue weighted by Crippen LogP contribution is -2.50. The van der Waals surface area contributed by atoms with Crippen LogP contribution in [0.3, 0.4) is 0 Å². The number of nitrogens with two attached hydrogens (primary N) is 1. The molecule has 0 saturated heterocycles. The molecule has 1 atom stereocenters. The fourth-order valence-electron chi connectivity index (χ4n) is 5.44. The smallest absolute Gasteiger partial charge is 0.334 e. The second kappa shape index (κ2) is 11.2. The zero-order chi connectivity index (χ0) is 29.4. The topological polar surface area (TPSA) is 139 Å². The molecule has 9 nitrogen and oxygen atoms in total. The maximum atomic E-state index is 14.6. The van der Waals surface area contributed by atoms with Crippen molar-refractivity contribution in [3.05, 3.63) is 101 Å². The average molecular weight is 619 g/mol. The van der Waals surface area contributed by atoms with Crippen LogP contribution < -0.4 is 10.5 Å². The Hall–Kier alpha value is -3.32. The summed E-state index contributed by atoms with van der Waals surface area (Å²) in [6.07, 6.45) is 1.38. The van der Waals surface area contributed by atoms with Gasteiger partial charge in [0.1, 0.15) is 5.82 Å². The minimum atomic E-state index is -4.29. The van der Waals surface area contributed by atoms with Gasteiger partial charge in [-0.15, -0.1) is 0 Å². The molecule has 0 spiro atoms. The minimum absolute atomic E-state index is 0.0239. The van der Waals surface area contributed by atoms with Gasteiger partial charge < -0.3 is 5.32 Å². The van der Waals surface area contributed by atoms with E-state index in [0.717, 1.165) is 5.01 Å². The van der Waals surface area contributed by atoms with Crippen molar-refractivity contribution < 1.29 is 26.0 Å². The quantitative estimate of drug-likeness (QED) is 0.427. The summed E-state index contributed by atoms with van der Waals surface area (Å²) in [6.45, 7) is -0.354. The van der Waals surface area contributed by atoms with Crippen LogP contribution in [-0.4, -0.2) is 51.4 Å². The highest BCUT2D eigenvalue weighted by Crippen LogP contribution is 2.44. The number of carbonyl (C=O) groups excluding carboxylic acids is 1. The van der Waals surface area contributed by atoms with Gasteiger partial charge in [-0.3, -0.25) is 0 Å². The van der Waals surface area contributed by atoms with Crippen LogP contribution in [0, 0.1) is 5.82 Å². The molecule has 0 bridgehead atoms. The van der Waals surface area contributed by atoms with Crippen molar-refractivity contribution in [3.63, 3.8) is 0 Å². The van der Waals surface area contributed by atoms with Crippen LogP contribution in [0.2, 0.25) is 5.02 Å². The fraction of sp³-hybridized carbons (Fsp3) is 0.286. The highest BCUT2D eigenvalue weighted by Gasteiger charge is 2.56.